The molecular weight excluding hydrogens is 436 g/mol. The number of hydrogen-bond acceptors (Lipinski definition) is 5. The fraction of sp³-hybridized carbons (Fsp3) is 0.381. The molecule has 7 nitrogen and oxygen atoms in total. The topological polar surface area (TPSA) is 66.0 Å². The van der Waals surface area contributed by atoms with Gasteiger partial charge in [-0.3, -0.25) is 9.69 Å². The van der Waals surface area contributed by atoms with Crippen molar-refractivity contribution < 1.29 is 14.3 Å². The summed E-state index contributed by atoms with van der Waals surface area (Å²) < 4.78 is 6.03. The highest BCUT2D eigenvalue weighted by Crippen LogP contribution is 2.25. The van der Waals surface area contributed by atoms with Gasteiger partial charge in [0.25, 0.3) is 5.91 Å². The van der Waals surface area contributed by atoms with Crippen LogP contribution >= 0.6 is 15.9 Å². The van der Waals surface area contributed by atoms with Crippen molar-refractivity contribution in [2.24, 2.45) is 0 Å². The Morgan fingerprint density at radius 1 is 1.17 bits per heavy atom. The van der Waals surface area contributed by atoms with E-state index in [-0.39, 0.29) is 18.0 Å². The number of benzene rings is 1. The lowest BCUT2D eigenvalue weighted by atomic mass is 10.1. The molecule has 2 amide bonds. The van der Waals surface area contributed by atoms with Crippen LogP contribution in [-0.2, 0) is 4.74 Å². The monoisotopic (exact) mass is 458 g/mol. The fourth-order valence-corrected chi connectivity index (χ4v) is 4.25. The summed E-state index contributed by atoms with van der Waals surface area (Å²) in [5.41, 5.74) is 2.49. The van der Waals surface area contributed by atoms with Gasteiger partial charge in [-0.25, -0.2) is 9.78 Å². The van der Waals surface area contributed by atoms with Crippen LogP contribution in [0.1, 0.15) is 22.8 Å². The Bertz CT molecular complexity index is 926. The largest absolute Gasteiger partial charge is 0.447 e. The number of nitrogens with zero attached hydrogens (tertiary/aromatic N) is 4. The number of halogens is 1. The first-order valence-corrected chi connectivity index (χ1v) is 10.5. The van der Waals surface area contributed by atoms with E-state index in [1.807, 2.05) is 30.9 Å². The number of hydrogen-bond donors (Lipinski definition) is 0. The molecule has 2 saturated heterocycles. The van der Waals surface area contributed by atoms with E-state index in [9.17, 15) is 9.59 Å². The van der Waals surface area contributed by atoms with Crippen LogP contribution in [0.2, 0.25) is 0 Å². The van der Waals surface area contributed by atoms with E-state index in [4.69, 9.17) is 4.74 Å². The number of aromatic nitrogens is 1. The van der Waals surface area contributed by atoms with E-state index in [0.717, 1.165) is 34.6 Å². The molecule has 0 radical (unpaired) electrons. The SMILES string of the molecule is Cc1cc(Br)cnc1N1CCN(C(=O)c2ccc(N3C(=O)OCC3C)cc2)CC1. The second-order valence-electron chi connectivity index (χ2n) is 7.42. The third-order valence-electron chi connectivity index (χ3n) is 5.36. The van der Waals surface area contributed by atoms with Gasteiger partial charge in [0.15, 0.2) is 0 Å². The molecule has 0 saturated carbocycles. The third-order valence-corrected chi connectivity index (χ3v) is 5.80. The van der Waals surface area contributed by atoms with Gasteiger partial charge in [0.05, 0.1) is 6.04 Å². The number of amides is 2. The maximum absolute atomic E-state index is 12.9. The van der Waals surface area contributed by atoms with E-state index >= 15 is 0 Å². The lowest BCUT2D eigenvalue weighted by molar-refractivity contribution is 0.0746. The van der Waals surface area contributed by atoms with Crippen molar-refractivity contribution in [3.8, 4) is 0 Å². The van der Waals surface area contributed by atoms with Gasteiger partial charge in [0.2, 0.25) is 0 Å². The molecule has 4 rings (SSSR count). The standard InChI is InChI=1S/C21H23BrN4O3/c1-14-11-17(22)12-23-19(14)24-7-9-25(10-8-24)20(27)16-3-5-18(6-4-16)26-15(2)13-29-21(26)28/h3-6,11-12,15H,7-10,13H2,1-2H3. The molecule has 3 heterocycles. The maximum atomic E-state index is 12.9. The molecule has 0 N–H and O–H groups in total. The minimum atomic E-state index is -0.343. The van der Waals surface area contributed by atoms with E-state index < -0.39 is 0 Å². The highest BCUT2D eigenvalue weighted by atomic mass is 79.9. The van der Waals surface area contributed by atoms with Crippen molar-refractivity contribution in [3.63, 3.8) is 0 Å². The summed E-state index contributed by atoms with van der Waals surface area (Å²) in [5, 5.41) is 0. The molecule has 0 spiro atoms. The molecule has 2 aliphatic heterocycles. The van der Waals surface area contributed by atoms with Crippen LogP contribution in [0.5, 0.6) is 0 Å². The summed E-state index contributed by atoms with van der Waals surface area (Å²) in [6.45, 7) is 7.15. The smallest absolute Gasteiger partial charge is 0.414 e. The van der Waals surface area contributed by atoms with Gasteiger partial charge >= 0.3 is 6.09 Å². The highest BCUT2D eigenvalue weighted by Gasteiger charge is 2.31. The molecule has 8 heteroatoms. The number of pyridine rings is 1. The number of rotatable bonds is 3. The van der Waals surface area contributed by atoms with Crippen molar-refractivity contribution in [3.05, 3.63) is 52.1 Å². The second kappa shape index (κ2) is 8.02. The predicted octanol–water partition coefficient (Wildman–Crippen LogP) is 3.46. The minimum Gasteiger partial charge on any atom is -0.447 e. The molecule has 1 atom stereocenters. The van der Waals surface area contributed by atoms with Crippen LogP contribution in [0.4, 0.5) is 16.3 Å². The zero-order chi connectivity index (χ0) is 20.5. The first-order valence-electron chi connectivity index (χ1n) is 9.66. The van der Waals surface area contributed by atoms with Gasteiger partial charge in [-0.1, -0.05) is 0 Å². The number of carbonyl (C=O) groups excluding carboxylic acids is 2. The van der Waals surface area contributed by atoms with Crippen molar-refractivity contribution in [2.75, 3.05) is 42.6 Å². The molecule has 0 bridgehead atoms. The lowest BCUT2D eigenvalue weighted by Gasteiger charge is -2.36. The maximum Gasteiger partial charge on any atom is 0.414 e. The van der Waals surface area contributed by atoms with Crippen LogP contribution in [0.25, 0.3) is 0 Å². The van der Waals surface area contributed by atoms with E-state index in [1.54, 1.807) is 23.2 Å². The number of cyclic esters (lactones) is 1. The van der Waals surface area contributed by atoms with Crippen LogP contribution < -0.4 is 9.80 Å². The van der Waals surface area contributed by atoms with E-state index in [0.29, 0.717) is 25.3 Å². The zero-order valence-corrected chi connectivity index (χ0v) is 18.1. The Kier molecular flexibility index (Phi) is 5.45. The quantitative estimate of drug-likeness (QED) is 0.704. The third kappa shape index (κ3) is 3.94. The Morgan fingerprint density at radius 3 is 2.45 bits per heavy atom. The van der Waals surface area contributed by atoms with Gasteiger partial charge in [-0.15, -0.1) is 0 Å². The van der Waals surface area contributed by atoms with Gasteiger partial charge in [0.1, 0.15) is 12.4 Å². The summed E-state index contributed by atoms with van der Waals surface area (Å²) >= 11 is 3.45. The molecule has 2 aliphatic rings. The molecule has 0 aliphatic carbocycles. The average Bonchev–Trinajstić information content (AvgIpc) is 3.06. The molecule has 152 valence electrons. The van der Waals surface area contributed by atoms with Crippen molar-refractivity contribution in [2.45, 2.75) is 19.9 Å². The first-order chi connectivity index (χ1) is 13.9. The first kappa shape index (κ1) is 19.7. The van der Waals surface area contributed by atoms with Gasteiger partial charge < -0.3 is 14.5 Å². The summed E-state index contributed by atoms with van der Waals surface area (Å²) in [6, 6.07) is 9.22. The average molecular weight is 459 g/mol. The van der Waals surface area contributed by atoms with E-state index in [1.165, 1.54) is 0 Å². The predicted molar refractivity (Wildman–Crippen MR) is 115 cm³/mol. The minimum absolute atomic E-state index is 0.00666. The Morgan fingerprint density at radius 2 is 1.86 bits per heavy atom. The van der Waals surface area contributed by atoms with Crippen LogP contribution in [-0.4, -0.2) is 60.7 Å². The molecule has 1 unspecified atom stereocenters. The van der Waals surface area contributed by atoms with Crippen molar-refractivity contribution in [1.82, 2.24) is 9.88 Å². The van der Waals surface area contributed by atoms with Crippen molar-refractivity contribution in [1.29, 1.82) is 0 Å². The molecule has 2 fully saturated rings. The lowest BCUT2D eigenvalue weighted by Crippen LogP contribution is -2.49. The van der Waals surface area contributed by atoms with Crippen LogP contribution in [0.15, 0.2) is 41.0 Å². The number of carbonyl (C=O) groups is 2. The fourth-order valence-electron chi connectivity index (χ4n) is 3.81. The molecule has 1 aromatic heterocycles. The Hall–Kier alpha value is -2.61. The molecule has 29 heavy (non-hydrogen) atoms. The molecular formula is C21H23BrN4O3. The highest BCUT2D eigenvalue weighted by molar-refractivity contribution is 9.10. The number of anilines is 2. The summed E-state index contributed by atoms with van der Waals surface area (Å²) in [4.78, 5) is 35.0. The normalized spacial score (nSPS) is 19.5. The zero-order valence-electron chi connectivity index (χ0n) is 16.5. The summed E-state index contributed by atoms with van der Waals surface area (Å²) in [7, 11) is 0. The summed E-state index contributed by atoms with van der Waals surface area (Å²) in [6.07, 6.45) is 1.46. The summed E-state index contributed by atoms with van der Waals surface area (Å²) in [5.74, 6) is 0.977. The Labute approximate surface area is 178 Å². The van der Waals surface area contributed by atoms with Crippen molar-refractivity contribution >= 4 is 39.4 Å². The van der Waals surface area contributed by atoms with E-state index in [2.05, 4.69) is 31.9 Å². The molecule has 1 aromatic carbocycles. The second-order valence-corrected chi connectivity index (χ2v) is 8.33. The van der Waals surface area contributed by atoms with Gasteiger partial charge in [-0.05, 0) is 65.7 Å². The number of aryl methyl sites for hydroxylation is 1. The molecule has 2 aromatic rings. The Balaban J connectivity index is 1.40. The van der Waals surface area contributed by atoms with Crippen LogP contribution in [0.3, 0.4) is 0 Å². The number of piperazine rings is 1. The van der Waals surface area contributed by atoms with Gasteiger partial charge in [0, 0.05) is 48.1 Å². The van der Waals surface area contributed by atoms with Gasteiger partial charge in [-0.2, -0.15) is 0 Å². The number of ether oxygens (including phenoxy) is 1. The van der Waals surface area contributed by atoms with Crippen LogP contribution in [0, 0.1) is 6.92 Å².